The Labute approximate surface area is 169 Å². The second-order valence-corrected chi connectivity index (χ2v) is 9.21. The maximum atomic E-state index is 14.0. The fourth-order valence-electron chi connectivity index (χ4n) is 5.73. The molecule has 0 radical (unpaired) electrons. The molecule has 28 heavy (non-hydrogen) atoms. The predicted octanol–water partition coefficient (Wildman–Crippen LogP) is 3.82. The Kier molecular flexibility index (Phi) is 4.91. The van der Waals surface area contributed by atoms with Gasteiger partial charge in [0.2, 0.25) is 5.91 Å². The molecule has 0 aromatic heterocycles. The normalized spacial score (nSPS) is 31.8. The summed E-state index contributed by atoms with van der Waals surface area (Å²) in [7, 11) is 1.70. The fraction of sp³-hybridized carbons (Fsp3) is 0.619. The standard InChI is InChI=1S/C21H27ClFN3O2/c1-11(20(24)18-16(25-2)4-3-15(23)19(18)22)5-17(27)26-13-6-12-7-14(26)10-21(28,8-12)9-13/h3-4,11-14,24-25,28H,5-10H2,1-2H3. The predicted molar refractivity (Wildman–Crippen MR) is 108 cm³/mol. The third-order valence-electron chi connectivity index (χ3n) is 6.79. The molecule has 5 rings (SSSR count). The van der Waals surface area contributed by atoms with Crippen LogP contribution in [-0.2, 0) is 4.79 Å². The van der Waals surface area contributed by atoms with Crippen LogP contribution in [-0.4, -0.2) is 46.4 Å². The van der Waals surface area contributed by atoms with Gasteiger partial charge < -0.3 is 20.7 Å². The van der Waals surface area contributed by atoms with Crippen molar-refractivity contribution in [1.29, 1.82) is 5.41 Å². The molecule has 0 spiro atoms. The van der Waals surface area contributed by atoms with E-state index < -0.39 is 11.4 Å². The van der Waals surface area contributed by atoms with Crippen molar-refractivity contribution in [1.82, 2.24) is 4.90 Å². The van der Waals surface area contributed by atoms with Crippen LogP contribution in [0.3, 0.4) is 0 Å². The first-order valence-corrected chi connectivity index (χ1v) is 10.4. The monoisotopic (exact) mass is 407 g/mol. The summed E-state index contributed by atoms with van der Waals surface area (Å²) >= 11 is 6.14. The number of amides is 1. The zero-order chi connectivity index (χ0) is 20.2. The summed E-state index contributed by atoms with van der Waals surface area (Å²) in [5.74, 6) is -0.420. The van der Waals surface area contributed by atoms with Crippen LogP contribution in [0.5, 0.6) is 0 Å². The van der Waals surface area contributed by atoms with E-state index in [9.17, 15) is 14.3 Å². The molecule has 4 bridgehead atoms. The van der Waals surface area contributed by atoms with E-state index in [4.69, 9.17) is 17.0 Å². The van der Waals surface area contributed by atoms with Gasteiger partial charge >= 0.3 is 0 Å². The van der Waals surface area contributed by atoms with Crippen molar-refractivity contribution in [3.05, 3.63) is 28.5 Å². The number of hydrogen-bond acceptors (Lipinski definition) is 4. The molecule has 4 fully saturated rings. The number of nitrogens with zero attached hydrogens (tertiary/aromatic N) is 1. The highest BCUT2D eigenvalue weighted by Gasteiger charge is 2.54. The van der Waals surface area contributed by atoms with Crippen molar-refractivity contribution in [2.24, 2.45) is 11.8 Å². The number of aliphatic hydroxyl groups is 1. The van der Waals surface area contributed by atoms with E-state index in [0.717, 1.165) is 19.3 Å². The Balaban J connectivity index is 1.50. The van der Waals surface area contributed by atoms with E-state index in [0.29, 0.717) is 30.0 Å². The zero-order valence-corrected chi connectivity index (χ0v) is 17.0. The number of piperidine rings is 2. The van der Waals surface area contributed by atoms with Gasteiger partial charge in [0.1, 0.15) is 5.82 Å². The Hall–Kier alpha value is -1.66. The summed E-state index contributed by atoms with van der Waals surface area (Å²) in [6, 6.07) is 3.04. The maximum Gasteiger partial charge on any atom is 0.223 e. The number of hydrogen-bond donors (Lipinski definition) is 3. The van der Waals surface area contributed by atoms with Gasteiger partial charge in [0.05, 0.1) is 10.6 Å². The maximum absolute atomic E-state index is 14.0. The van der Waals surface area contributed by atoms with Crippen LogP contribution in [0.2, 0.25) is 5.02 Å². The number of nitrogens with one attached hydrogen (secondary N) is 2. The highest BCUT2D eigenvalue weighted by atomic mass is 35.5. The molecule has 1 amide bonds. The molecule has 3 atom stereocenters. The van der Waals surface area contributed by atoms with E-state index in [-0.39, 0.29) is 41.1 Å². The third kappa shape index (κ3) is 3.20. The lowest BCUT2D eigenvalue weighted by atomic mass is 9.61. The molecule has 4 aliphatic rings. The van der Waals surface area contributed by atoms with Crippen molar-refractivity contribution in [2.45, 2.75) is 63.1 Å². The number of anilines is 1. The van der Waals surface area contributed by atoms with E-state index in [1.165, 1.54) is 6.07 Å². The molecule has 2 aliphatic heterocycles. The molecule has 2 saturated carbocycles. The van der Waals surface area contributed by atoms with Gasteiger partial charge in [-0.15, -0.1) is 0 Å². The fourth-order valence-corrected chi connectivity index (χ4v) is 6.00. The minimum Gasteiger partial charge on any atom is -0.390 e. The average Bonchev–Trinajstić information content (AvgIpc) is 2.61. The van der Waals surface area contributed by atoms with Crippen molar-refractivity contribution in [3.8, 4) is 0 Å². The highest BCUT2D eigenvalue weighted by Crippen LogP contribution is 2.51. The molecule has 1 aromatic carbocycles. The molecule has 152 valence electrons. The van der Waals surface area contributed by atoms with Gasteiger partial charge in [-0.3, -0.25) is 4.79 Å². The molecule has 7 heteroatoms. The van der Waals surface area contributed by atoms with E-state index in [2.05, 4.69) is 5.32 Å². The van der Waals surface area contributed by atoms with Gasteiger partial charge in [0.25, 0.3) is 0 Å². The van der Waals surface area contributed by atoms with Gasteiger partial charge in [-0.1, -0.05) is 18.5 Å². The smallest absolute Gasteiger partial charge is 0.223 e. The molecule has 3 N–H and O–H groups in total. The van der Waals surface area contributed by atoms with Crippen LogP contribution in [0.25, 0.3) is 0 Å². The van der Waals surface area contributed by atoms with Crippen LogP contribution in [0.4, 0.5) is 10.1 Å². The second kappa shape index (κ2) is 6.99. The van der Waals surface area contributed by atoms with Gasteiger partial charge in [-0.05, 0) is 50.2 Å². The lowest BCUT2D eigenvalue weighted by molar-refractivity contribution is -0.175. The summed E-state index contributed by atoms with van der Waals surface area (Å²) in [6.07, 6.45) is 4.32. The number of benzene rings is 1. The summed E-state index contributed by atoms with van der Waals surface area (Å²) in [4.78, 5) is 15.1. The first kappa shape index (κ1) is 19.6. The number of rotatable bonds is 5. The van der Waals surface area contributed by atoms with Crippen molar-refractivity contribution in [2.75, 3.05) is 12.4 Å². The quantitative estimate of drug-likeness (QED) is 0.649. The van der Waals surface area contributed by atoms with E-state index in [1.54, 1.807) is 13.1 Å². The minimum absolute atomic E-state index is 0.0215. The van der Waals surface area contributed by atoms with Crippen molar-refractivity contribution in [3.63, 3.8) is 0 Å². The Bertz CT molecular complexity index is 814. The summed E-state index contributed by atoms with van der Waals surface area (Å²) in [5, 5.41) is 22.1. The summed E-state index contributed by atoms with van der Waals surface area (Å²) < 4.78 is 14.0. The first-order chi connectivity index (χ1) is 13.2. The highest BCUT2D eigenvalue weighted by molar-refractivity contribution is 6.35. The molecular formula is C21H27ClFN3O2. The van der Waals surface area contributed by atoms with E-state index >= 15 is 0 Å². The van der Waals surface area contributed by atoms with Crippen LogP contribution >= 0.6 is 11.6 Å². The molecular weight excluding hydrogens is 381 g/mol. The minimum atomic E-state index is -0.595. The molecule has 2 saturated heterocycles. The van der Waals surface area contributed by atoms with Crippen molar-refractivity contribution >= 4 is 28.9 Å². The van der Waals surface area contributed by atoms with Crippen LogP contribution < -0.4 is 5.32 Å². The van der Waals surface area contributed by atoms with Crippen LogP contribution in [0.1, 0.15) is 51.0 Å². The average molecular weight is 408 g/mol. The van der Waals surface area contributed by atoms with Gasteiger partial charge in [0.15, 0.2) is 0 Å². The molecule has 5 nitrogen and oxygen atoms in total. The summed E-state index contributed by atoms with van der Waals surface area (Å²) in [6.45, 7) is 1.81. The lowest BCUT2D eigenvalue weighted by Crippen LogP contribution is -2.65. The SMILES string of the molecule is CNc1ccc(F)c(Cl)c1C(=N)C(C)CC(=O)N1C2CC3CC1CC(O)(C3)C2. The molecule has 2 heterocycles. The zero-order valence-electron chi connectivity index (χ0n) is 16.3. The van der Waals surface area contributed by atoms with Crippen molar-refractivity contribution < 1.29 is 14.3 Å². The second-order valence-electron chi connectivity index (χ2n) is 8.84. The Morgan fingerprint density at radius 2 is 2.04 bits per heavy atom. The molecule has 2 aliphatic carbocycles. The Morgan fingerprint density at radius 3 is 2.61 bits per heavy atom. The molecule has 1 aromatic rings. The van der Waals surface area contributed by atoms with E-state index in [1.807, 2.05) is 11.8 Å². The molecule has 3 unspecified atom stereocenters. The first-order valence-electron chi connectivity index (χ1n) is 10.0. The summed E-state index contributed by atoms with van der Waals surface area (Å²) in [5.41, 5.74) is 0.458. The lowest BCUT2D eigenvalue weighted by Gasteiger charge is -2.59. The largest absolute Gasteiger partial charge is 0.390 e. The Morgan fingerprint density at radius 1 is 1.39 bits per heavy atom. The topological polar surface area (TPSA) is 76.4 Å². The number of halogens is 2. The number of carbonyl (C=O) groups excluding carboxylic acids is 1. The van der Waals surface area contributed by atoms with Crippen LogP contribution in [0.15, 0.2) is 12.1 Å². The third-order valence-corrected chi connectivity index (χ3v) is 7.16. The van der Waals surface area contributed by atoms with Gasteiger partial charge in [-0.2, -0.15) is 0 Å². The van der Waals surface area contributed by atoms with Gasteiger partial charge in [-0.25, -0.2) is 4.39 Å². The van der Waals surface area contributed by atoms with Crippen LogP contribution in [0, 0.1) is 23.1 Å². The number of carbonyl (C=O) groups is 1. The van der Waals surface area contributed by atoms with Gasteiger partial charge in [0, 0.05) is 48.4 Å².